The minimum Gasteiger partial charge on any atom is -0.350 e. The standard InChI is InChI=1S/C11H17N5OS/c12-16-10-7-13-6-9(15-10)11(17)14-5-8-3-1-2-4-18-8/h6-8H,1-5,12H2,(H,14,17)(H,15,16). The third-order valence-corrected chi connectivity index (χ3v) is 4.18. The fourth-order valence-corrected chi connectivity index (χ4v) is 3.05. The summed E-state index contributed by atoms with van der Waals surface area (Å²) in [5, 5.41) is 3.41. The smallest absolute Gasteiger partial charge is 0.271 e. The highest BCUT2D eigenvalue weighted by atomic mass is 32.2. The molecule has 0 saturated carbocycles. The molecule has 98 valence electrons. The van der Waals surface area contributed by atoms with E-state index in [1.165, 1.54) is 37.4 Å². The minimum absolute atomic E-state index is 0.203. The number of carbonyl (C=O) groups excluding carboxylic acids is 1. The Morgan fingerprint density at radius 1 is 1.50 bits per heavy atom. The number of hydrazine groups is 1. The van der Waals surface area contributed by atoms with E-state index in [1.807, 2.05) is 11.8 Å². The van der Waals surface area contributed by atoms with Crippen molar-refractivity contribution >= 4 is 23.5 Å². The number of carbonyl (C=O) groups is 1. The minimum atomic E-state index is -0.203. The van der Waals surface area contributed by atoms with Crippen molar-refractivity contribution in [3.8, 4) is 0 Å². The second kappa shape index (κ2) is 6.55. The zero-order valence-corrected chi connectivity index (χ0v) is 10.9. The Morgan fingerprint density at radius 3 is 3.11 bits per heavy atom. The summed E-state index contributed by atoms with van der Waals surface area (Å²) in [5.74, 6) is 6.59. The molecule has 1 fully saturated rings. The van der Waals surface area contributed by atoms with Crippen LogP contribution in [0.2, 0.25) is 0 Å². The number of anilines is 1. The molecule has 6 nitrogen and oxygen atoms in total. The first kappa shape index (κ1) is 13.1. The number of nitrogen functional groups attached to an aromatic ring is 1. The quantitative estimate of drug-likeness (QED) is 0.551. The molecule has 2 heterocycles. The van der Waals surface area contributed by atoms with Crippen molar-refractivity contribution in [1.82, 2.24) is 15.3 Å². The molecule has 1 aromatic heterocycles. The van der Waals surface area contributed by atoms with E-state index in [-0.39, 0.29) is 11.6 Å². The van der Waals surface area contributed by atoms with E-state index in [4.69, 9.17) is 5.84 Å². The summed E-state index contributed by atoms with van der Waals surface area (Å²) in [4.78, 5) is 19.8. The van der Waals surface area contributed by atoms with Gasteiger partial charge in [-0.2, -0.15) is 11.8 Å². The molecule has 0 spiro atoms. The highest BCUT2D eigenvalue weighted by Gasteiger charge is 2.16. The van der Waals surface area contributed by atoms with Crippen molar-refractivity contribution < 1.29 is 4.79 Å². The maximum Gasteiger partial charge on any atom is 0.271 e. The molecule has 4 N–H and O–H groups in total. The lowest BCUT2D eigenvalue weighted by Gasteiger charge is -2.21. The molecule has 0 aromatic carbocycles. The van der Waals surface area contributed by atoms with Crippen LogP contribution in [0.5, 0.6) is 0 Å². The van der Waals surface area contributed by atoms with E-state index in [0.717, 1.165) is 0 Å². The fourth-order valence-electron chi connectivity index (χ4n) is 1.81. The van der Waals surface area contributed by atoms with Gasteiger partial charge in [0.05, 0.1) is 12.4 Å². The van der Waals surface area contributed by atoms with Crippen LogP contribution in [0.3, 0.4) is 0 Å². The molecule has 1 atom stereocenters. The number of nitrogens with two attached hydrogens (primary N) is 1. The average molecular weight is 267 g/mol. The van der Waals surface area contributed by atoms with Gasteiger partial charge >= 0.3 is 0 Å². The molecular formula is C11H17N5OS. The zero-order chi connectivity index (χ0) is 12.8. The van der Waals surface area contributed by atoms with Crippen LogP contribution in [-0.4, -0.2) is 33.4 Å². The molecule has 0 aliphatic carbocycles. The average Bonchev–Trinajstić information content (AvgIpc) is 2.46. The molecule has 18 heavy (non-hydrogen) atoms. The van der Waals surface area contributed by atoms with Crippen LogP contribution in [0.15, 0.2) is 12.4 Å². The molecule has 1 aliphatic rings. The molecular weight excluding hydrogens is 250 g/mol. The van der Waals surface area contributed by atoms with Gasteiger partial charge in [-0.25, -0.2) is 10.8 Å². The van der Waals surface area contributed by atoms with Gasteiger partial charge in [0.25, 0.3) is 5.91 Å². The normalized spacial score (nSPS) is 19.3. The van der Waals surface area contributed by atoms with Gasteiger partial charge in [-0.05, 0) is 18.6 Å². The molecule has 7 heteroatoms. The van der Waals surface area contributed by atoms with Gasteiger partial charge in [0.2, 0.25) is 0 Å². The van der Waals surface area contributed by atoms with Gasteiger partial charge in [0, 0.05) is 11.8 Å². The van der Waals surface area contributed by atoms with Crippen LogP contribution in [0.4, 0.5) is 5.82 Å². The van der Waals surface area contributed by atoms with Crippen molar-refractivity contribution in [3.05, 3.63) is 18.1 Å². The summed E-state index contributed by atoms with van der Waals surface area (Å²) in [5.41, 5.74) is 2.65. The number of rotatable bonds is 4. The topological polar surface area (TPSA) is 92.9 Å². The second-order valence-electron chi connectivity index (χ2n) is 4.13. The lowest BCUT2D eigenvalue weighted by Crippen LogP contribution is -2.32. The second-order valence-corrected chi connectivity index (χ2v) is 5.54. The number of hydrogen-bond acceptors (Lipinski definition) is 6. The van der Waals surface area contributed by atoms with Crippen LogP contribution in [0.25, 0.3) is 0 Å². The van der Waals surface area contributed by atoms with Crippen molar-refractivity contribution in [3.63, 3.8) is 0 Å². The van der Waals surface area contributed by atoms with Crippen molar-refractivity contribution in [2.45, 2.75) is 24.5 Å². The Hall–Kier alpha value is -1.34. The Kier molecular flexibility index (Phi) is 4.77. The third-order valence-electron chi connectivity index (χ3n) is 2.78. The summed E-state index contributed by atoms with van der Waals surface area (Å²) in [6.45, 7) is 0.686. The van der Waals surface area contributed by atoms with E-state index in [1.54, 1.807) is 0 Å². The fraction of sp³-hybridized carbons (Fsp3) is 0.545. The molecule has 1 aliphatic heterocycles. The van der Waals surface area contributed by atoms with E-state index in [0.29, 0.717) is 17.6 Å². The summed E-state index contributed by atoms with van der Waals surface area (Å²) in [6, 6.07) is 0. The van der Waals surface area contributed by atoms with Crippen molar-refractivity contribution in [1.29, 1.82) is 0 Å². The lowest BCUT2D eigenvalue weighted by atomic mass is 10.2. The number of aromatic nitrogens is 2. The summed E-state index contributed by atoms with van der Waals surface area (Å²) in [7, 11) is 0. The third kappa shape index (κ3) is 3.58. The number of nitrogens with one attached hydrogen (secondary N) is 2. The maximum absolute atomic E-state index is 11.9. The Bertz CT molecular complexity index is 408. The number of nitrogens with zero attached hydrogens (tertiary/aromatic N) is 2. The molecule has 1 saturated heterocycles. The van der Waals surface area contributed by atoms with Gasteiger partial charge < -0.3 is 10.7 Å². The first-order valence-corrected chi connectivity index (χ1v) is 7.03. The van der Waals surface area contributed by atoms with Gasteiger partial charge in [-0.1, -0.05) is 6.42 Å². The van der Waals surface area contributed by atoms with Gasteiger partial charge in [0.15, 0.2) is 5.82 Å². The predicted molar refractivity (Wildman–Crippen MR) is 72.3 cm³/mol. The van der Waals surface area contributed by atoms with Gasteiger partial charge in [0.1, 0.15) is 5.69 Å². The summed E-state index contributed by atoms with van der Waals surface area (Å²) >= 11 is 1.92. The highest BCUT2D eigenvalue weighted by molar-refractivity contribution is 7.99. The molecule has 0 bridgehead atoms. The SMILES string of the molecule is NNc1cncc(C(=O)NCC2CCCCS2)n1. The predicted octanol–water partition coefficient (Wildman–Crippen LogP) is 0.778. The summed E-state index contributed by atoms with van der Waals surface area (Å²) < 4.78 is 0. The Morgan fingerprint density at radius 2 is 2.39 bits per heavy atom. The summed E-state index contributed by atoms with van der Waals surface area (Å²) in [6.07, 6.45) is 6.60. The number of hydrogen-bond donors (Lipinski definition) is 3. The largest absolute Gasteiger partial charge is 0.350 e. The molecule has 1 amide bonds. The molecule has 1 aromatic rings. The monoisotopic (exact) mass is 267 g/mol. The van der Waals surface area contributed by atoms with Crippen LogP contribution in [-0.2, 0) is 0 Å². The first-order chi connectivity index (χ1) is 8.79. The first-order valence-electron chi connectivity index (χ1n) is 5.98. The molecule has 2 rings (SSSR count). The van der Waals surface area contributed by atoms with Gasteiger partial charge in [-0.3, -0.25) is 9.78 Å². The van der Waals surface area contributed by atoms with Crippen LogP contribution < -0.4 is 16.6 Å². The van der Waals surface area contributed by atoms with E-state index < -0.39 is 0 Å². The lowest BCUT2D eigenvalue weighted by molar-refractivity contribution is 0.0948. The number of thioether (sulfide) groups is 1. The van der Waals surface area contributed by atoms with E-state index >= 15 is 0 Å². The molecule has 1 unspecified atom stereocenters. The molecule has 0 radical (unpaired) electrons. The van der Waals surface area contributed by atoms with Crippen LogP contribution in [0, 0.1) is 0 Å². The van der Waals surface area contributed by atoms with Crippen molar-refractivity contribution in [2.24, 2.45) is 5.84 Å². The Labute approximate surface area is 110 Å². The van der Waals surface area contributed by atoms with Crippen LogP contribution >= 0.6 is 11.8 Å². The van der Waals surface area contributed by atoms with E-state index in [9.17, 15) is 4.79 Å². The van der Waals surface area contributed by atoms with E-state index in [2.05, 4.69) is 20.7 Å². The highest BCUT2D eigenvalue weighted by Crippen LogP contribution is 2.24. The number of amides is 1. The van der Waals surface area contributed by atoms with Gasteiger partial charge in [-0.15, -0.1) is 0 Å². The maximum atomic E-state index is 11.9. The van der Waals surface area contributed by atoms with Crippen molar-refractivity contribution in [2.75, 3.05) is 17.7 Å². The zero-order valence-electron chi connectivity index (χ0n) is 10.1. The van der Waals surface area contributed by atoms with Crippen LogP contribution in [0.1, 0.15) is 29.8 Å². The Balaban J connectivity index is 1.86.